The average Bonchev–Trinajstić information content (AvgIpc) is 2.53. The normalized spacial score (nSPS) is 11.1. The summed E-state index contributed by atoms with van der Waals surface area (Å²) < 4.78 is 27.2. The van der Waals surface area contributed by atoms with Crippen molar-refractivity contribution in [3.63, 3.8) is 0 Å². The Morgan fingerprint density at radius 1 is 1.12 bits per heavy atom. The molecule has 3 N–H and O–H groups in total. The smallest absolute Gasteiger partial charge is 0.261 e. The van der Waals surface area contributed by atoms with E-state index in [0.717, 1.165) is 5.56 Å². The van der Waals surface area contributed by atoms with Crippen molar-refractivity contribution in [2.45, 2.75) is 11.4 Å². The van der Waals surface area contributed by atoms with Crippen LogP contribution in [0.15, 0.2) is 53.4 Å². The Morgan fingerprint density at radius 2 is 1.83 bits per heavy atom. The second kappa shape index (κ2) is 8.14. The highest BCUT2D eigenvalue weighted by Crippen LogP contribution is 2.19. The number of amides is 1. The van der Waals surface area contributed by atoms with E-state index in [0.29, 0.717) is 17.3 Å². The van der Waals surface area contributed by atoms with E-state index < -0.39 is 10.0 Å². The topological polar surface area (TPSA) is 87.3 Å². The predicted octanol–water partition coefficient (Wildman–Crippen LogP) is 1.98. The van der Waals surface area contributed by atoms with Gasteiger partial charge >= 0.3 is 0 Å². The Kier molecular flexibility index (Phi) is 6.19. The summed E-state index contributed by atoms with van der Waals surface area (Å²) in [6, 6.07) is 12.8. The van der Waals surface area contributed by atoms with E-state index in [1.165, 1.54) is 24.3 Å². The number of carbonyl (C=O) groups is 1. The van der Waals surface area contributed by atoms with Gasteiger partial charge in [0.1, 0.15) is 0 Å². The lowest BCUT2D eigenvalue weighted by Crippen LogP contribution is -2.31. The minimum Gasteiger partial charge on any atom is -0.351 e. The Labute approximate surface area is 146 Å². The van der Waals surface area contributed by atoms with Gasteiger partial charge in [-0.3, -0.25) is 9.52 Å². The quantitative estimate of drug-likeness (QED) is 0.698. The van der Waals surface area contributed by atoms with Gasteiger partial charge in [0.15, 0.2) is 0 Å². The molecule has 0 aliphatic rings. The standard InChI is InChI=1S/C16H18ClN3O3S/c1-18-11-16(21)19-10-12-3-2-4-14(9-12)20-24(22,23)15-7-5-13(17)6-8-15/h2-9,18,20H,10-11H2,1H3,(H,19,21). The number of hydrogen-bond donors (Lipinski definition) is 3. The molecule has 0 radical (unpaired) electrons. The molecule has 2 rings (SSSR count). The Morgan fingerprint density at radius 3 is 2.50 bits per heavy atom. The zero-order valence-electron chi connectivity index (χ0n) is 13.0. The molecule has 0 aliphatic carbocycles. The van der Waals surface area contributed by atoms with E-state index in [2.05, 4.69) is 15.4 Å². The highest BCUT2D eigenvalue weighted by atomic mass is 35.5. The van der Waals surface area contributed by atoms with Gasteiger partial charge in [-0.15, -0.1) is 0 Å². The summed E-state index contributed by atoms with van der Waals surface area (Å²) in [7, 11) is -2.01. The molecule has 0 bridgehead atoms. The minimum absolute atomic E-state index is 0.125. The number of sulfonamides is 1. The molecule has 2 aromatic carbocycles. The van der Waals surface area contributed by atoms with Gasteiger partial charge in [0.2, 0.25) is 5.91 Å². The predicted molar refractivity (Wildman–Crippen MR) is 94.5 cm³/mol. The third kappa shape index (κ3) is 5.23. The summed E-state index contributed by atoms with van der Waals surface area (Å²) >= 11 is 5.77. The van der Waals surface area contributed by atoms with Crippen molar-refractivity contribution in [3.05, 3.63) is 59.1 Å². The van der Waals surface area contributed by atoms with Crippen LogP contribution in [0, 0.1) is 0 Å². The van der Waals surface area contributed by atoms with Gasteiger partial charge < -0.3 is 10.6 Å². The number of carbonyl (C=O) groups excluding carboxylic acids is 1. The summed E-state index contributed by atoms with van der Waals surface area (Å²) in [5, 5.41) is 5.96. The first kappa shape index (κ1) is 18.3. The molecule has 0 atom stereocenters. The second-order valence-corrected chi connectivity index (χ2v) is 7.19. The fourth-order valence-electron chi connectivity index (χ4n) is 2.00. The van der Waals surface area contributed by atoms with Crippen molar-refractivity contribution in [2.24, 2.45) is 0 Å². The van der Waals surface area contributed by atoms with Crippen molar-refractivity contribution in [3.8, 4) is 0 Å². The molecule has 2 aromatic rings. The molecule has 8 heteroatoms. The van der Waals surface area contributed by atoms with Crippen molar-refractivity contribution >= 4 is 33.2 Å². The third-order valence-corrected chi connectivity index (χ3v) is 4.78. The molecule has 1 amide bonds. The van der Waals surface area contributed by atoms with Crippen molar-refractivity contribution in [2.75, 3.05) is 18.3 Å². The molecule has 0 saturated heterocycles. The molecule has 0 fully saturated rings. The fraction of sp³-hybridized carbons (Fsp3) is 0.188. The van der Waals surface area contributed by atoms with Crippen molar-refractivity contribution < 1.29 is 13.2 Å². The Bertz CT molecular complexity index is 808. The third-order valence-electron chi connectivity index (χ3n) is 3.13. The van der Waals surface area contributed by atoms with Gasteiger partial charge in [0.25, 0.3) is 10.0 Å². The van der Waals surface area contributed by atoms with E-state index >= 15 is 0 Å². The lowest BCUT2D eigenvalue weighted by molar-refractivity contribution is -0.120. The molecule has 0 aromatic heterocycles. The van der Waals surface area contributed by atoms with Crippen LogP contribution in [-0.2, 0) is 21.4 Å². The number of benzene rings is 2. The zero-order chi connectivity index (χ0) is 17.6. The summed E-state index contributed by atoms with van der Waals surface area (Å²) in [5.41, 5.74) is 1.21. The zero-order valence-corrected chi connectivity index (χ0v) is 14.6. The van der Waals surface area contributed by atoms with Gasteiger partial charge in [0, 0.05) is 17.3 Å². The molecule has 24 heavy (non-hydrogen) atoms. The van der Waals surface area contributed by atoms with Gasteiger partial charge in [-0.1, -0.05) is 23.7 Å². The van der Waals surface area contributed by atoms with Crippen LogP contribution in [-0.4, -0.2) is 27.9 Å². The van der Waals surface area contributed by atoms with Crippen molar-refractivity contribution in [1.29, 1.82) is 0 Å². The van der Waals surface area contributed by atoms with E-state index in [4.69, 9.17) is 11.6 Å². The maximum Gasteiger partial charge on any atom is 0.261 e. The maximum absolute atomic E-state index is 12.3. The number of nitrogens with one attached hydrogen (secondary N) is 3. The Balaban J connectivity index is 2.08. The largest absolute Gasteiger partial charge is 0.351 e. The van der Waals surface area contributed by atoms with Crippen LogP contribution >= 0.6 is 11.6 Å². The molecule has 0 aliphatic heterocycles. The molecular formula is C16H18ClN3O3S. The Hall–Kier alpha value is -2.09. The summed E-state index contributed by atoms with van der Waals surface area (Å²) in [4.78, 5) is 11.6. The van der Waals surface area contributed by atoms with Gasteiger partial charge in [0.05, 0.1) is 11.4 Å². The number of hydrogen-bond acceptors (Lipinski definition) is 4. The monoisotopic (exact) mass is 367 g/mol. The molecule has 0 heterocycles. The van der Waals surface area contributed by atoms with Crippen LogP contribution in [0.3, 0.4) is 0 Å². The molecule has 6 nitrogen and oxygen atoms in total. The van der Waals surface area contributed by atoms with E-state index in [1.54, 1.807) is 31.3 Å². The fourth-order valence-corrected chi connectivity index (χ4v) is 3.17. The highest BCUT2D eigenvalue weighted by molar-refractivity contribution is 7.92. The van der Waals surface area contributed by atoms with Gasteiger partial charge in [-0.2, -0.15) is 0 Å². The number of halogens is 1. The second-order valence-electron chi connectivity index (χ2n) is 5.07. The van der Waals surface area contributed by atoms with E-state index in [9.17, 15) is 13.2 Å². The summed E-state index contributed by atoms with van der Waals surface area (Å²) in [6.07, 6.45) is 0. The summed E-state index contributed by atoms with van der Waals surface area (Å²) in [6.45, 7) is 0.542. The van der Waals surface area contributed by atoms with Gasteiger partial charge in [-0.05, 0) is 49.0 Å². The van der Waals surface area contributed by atoms with Crippen LogP contribution in [0.5, 0.6) is 0 Å². The van der Waals surface area contributed by atoms with Crippen LogP contribution in [0.2, 0.25) is 5.02 Å². The lowest BCUT2D eigenvalue weighted by atomic mass is 10.2. The van der Waals surface area contributed by atoms with Crippen LogP contribution < -0.4 is 15.4 Å². The number of likely N-dealkylation sites (N-methyl/N-ethyl adjacent to an activating group) is 1. The van der Waals surface area contributed by atoms with Crippen LogP contribution in [0.4, 0.5) is 5.69 Å². The van der Waals surface area contributed by atoms with Gasteiger partial charge in [-0.25, -0.2) is 8.42 Å². The van der Waals surface area contributed by atoms with Crippen LogP contribution in [0.1, 0.15) is 5.56 Å². The SMILES string of the molecule is CNCC(=O)NCc1cccc(NS(=O)(=O)c2ccc(Cl)cc2)c1. The first-order chi connectivity index (χ1) is 11.4. The average molecular weight is 368 g/mol. The number of rotatable bonds is 7. The summed E-state index contributed by atoms with van der Waals surface area (Å²) in [5.74, 6) is -0.135. The van der Waals surface area contributed by atoms with E-state index in [1.807, 2.05) is 0 Å². The number of anilines is 1. The first-order valence-corrected chi connectivity index (χ1v) is 9.05. The molecule has 0 unspecified atom stereocenters. The first-order valence-electron chi connectivity index (χ1n) is 7.19. The van der Waals surface area contributed by atoms with Crippen LogP contribution in [0.25, 0.3) is 0 Å². The maximum atomic E-state index is 12.3. The minimum atomic E-state index is -3.69. The van der Waals surface area contributed by atoms with E-state index in [-0.39, 0.29) is 17.3 Å². The molecule has 128 valence electrons. The molecule has 0 saturated carbocycles. The lowest BCUT2D eigenvalue weighted by Gasteiger charge is -2.10. The molecule has 0 spiro atoms. The molecular weight excluding hydrogens is 350 g/mol. The van der Waals surface area contributed by atoms with Crippen molar-refractivity contribution in [1.82, 2.24) is 10.6 Å². The highest BCUT2D eigenvalue weighted by Gasteiger charge is 2.14.